The van der Waals surface area contributed by atoms with Crippen LogP contribution in [0.5, 0.6) is 11.5 Å². The lowest BCUT2D eigenvalue weighted by atomic mass is 9.96. The maximum absolute atomic E-state index is 12.9. The Kier molecular flexibility index (Phi) is 5.32. The van der Waals surface area contributed by atoms with Gasteiger partial charge in [0.15, 0.2) is 11.5 Å². The number of carbonyl (C=O) groups excluding carboxylic acids is 2. The Bertz CT molecular complexity index is 746. The molecule has 1 atom stereocenters. The first-order valence-electron chi connectivity index (χ1n) is 8.39. The number of benzene rings is 1. The summed E-state index contributed by atoms with van der Waals surface area (Å²) in [7, 11) is 4.74. The van der Waals surface area contributed by atoms with E-state index in [9.17, 15) is 9.59 Å². The fraction of sp³-hybridized carbons (Fsp3) is 0.444. The van der Waals surface area contributed by atoms with E-state index in [1.165, 1.54) is 0 Å². The highest BCUT2D eigenvalue weighted by Crippen LogP contribution is 2.36. The second-order valence-electron chi connectivity index (χ2n) is 6.11. The van der Waals surface area contributed by atoms with Crippen molar-refractivity contribution in [3.63, 3.8) is 0 Å². The third-order valence-corrected chi connectivity index (χ3v) is 4.54. The van der Waals surface area contributed by atoms with E-state index in [-0.39, 0.29) is 11.9 Å². The smallest absolute Gasteiger partial charge is 0.319 e. The van der Waals surface area contributed by atoms with Gasteiger partial charge in [0.2, 0.25) is 0 Å². The molecule has 0 aliphatic carbocycles. The Morgan fingerprint density at radius 3 is 2.62 bits per heavy atom. The van der Waals surface area contributed by atoms with Crippen LogP contribution in [0.3, 0.4) is 0 Å². The number of nitrogens with zero attached hydrogens (tertiary/aromatic N) is 1. The van der Waals surface area contributed by atoms with Crippen molar-refractivity contribution in [2.75, 3.05) is 41.0 Å². The third-order valence-electron chi connectivity index (χ3n) is 4.54. The molecule has 0 spiro atoms. The van der Waals surface area contributed by atoms with Crippen LogP contribution in [-0.4, -0.2) is 57.9 Å². The number of hydrogen-bond donors (Lipinski definition) is 2. The number of urea groups is 1. The normalized spacial score (nSPS) is 19.2. The molecule has 8 heteroatoms. The van der Waals surface area contributed by atoms with Crippen molar-refractivity contribution in [1.29, 1.82) is 0 Å². The van der Waals surface area contributed by atoms with Gasteiger partial charge in [-0.2, -0.15) is 0 Å². The van der Waals surface area contributed by atoms with E-state index < -0.39 is 6.04 Å². The van der Waals surface area contributed by atoms with Crippen LogP contribution in [0.15, 0.2) is 29.5 Å². The van der Waals surface area contributed by atoms with Crippen LogP contribution < -0.4 is 20.1 Å². The number of nitrogens with one attached hydrogen (secondary N) is 2. The zero-order valence-electron chi connectivity index (χ0n) is 15.1. The highest BCUT2D eigenvalue weighted by atomic mass is 16.5. The summed E-state index contributed by atoms with van der Waals surface area (Å²) in [6.07, 6.45) is 0.741. The number of rotatable bonds is 7. The molecule has 0 bridgehead atoms. The van der Waals surface area contributed by atoms with Crippen molar-refractivity contribution < 1.29 is 23.8 Å². The molecule has 2 aliphatic rings. The Balaban J connectivity index is 1.89. The monoisotopic (exact) mass is 361 g/mol. The van der Waals surface area contributed by atoms with Gasteiger partial charge in [-0.05, 0) is 24.1 Å². The second-order valence-corrected chi connectivity index (χ2v) is 6.11. The second kappa shape index (κ2) is 7.65. The number of amides is 3. The lowest BCUT2D eigenvalue weighted by Crippen LogP contribution is -2.44. The minimum Gasteiger partial charge on any atom is -0.493 e. The van der Waals surface area contributed by atoms with Gasteiger partial charge < -0.3 is 29.7 Å². The van der Waals surface area contributed by atoms with Crippen LogP contribution in [0, 0.1) is 0 Å². The van der Waals surface area contributed by atoms with Gasteiger partial charge in [0.05, 0.1) is 38.1 Å². The maximum atomic E-state index is 12.9. The lowest BCUT2D eigenvalue weighted by Gasteiger charge is -2.26. The molecule has 2 heterocycles. The van der Waals surface area contributed by atoms with Crippen LogP contribution in [0.2, 0.25) is 0 Å². The minimum absolute atomic E-state index is 0.0802. The van der Waals surface area contributed by atoms with E-state index in [0.717, 1.165) is 12.0 Å². The van der Waals surface area contributed by atoms with E-state index in [0.29, 0.717) is 42.5 Å². The zero-order chi connectivity index (χ0) is 18.7. The molecule has 8 nitrogen and oxygen atoms in total. The average Bonchev–Trinajstić information content (AvgIpc) is 2.96. The molecule has 3 amide bonds. The molecule has 0 aromatic heterocycles. The molecule has 0 radical (unpaired) electrons. The fourth-order valence-electron chi connectivity index (χ4n) is 3.29. The molecule has 0 unspecified atom stereocenters. The molecule has 0 saturated heterocycles. The van der Waals surface area contributed by atoms with Crippen LogP contribution in [0.4, 0.5) is 4.79 Å². The van der Waals surface area contributed by atoms with Gasteiger partial charge in [-0.15, -0.1) is 0 Å². The van der Waals surface area contributed by atoms with Gasteiger partial charge in [-0.1, -0.05) is 6.07 Å². The van der Waals surface area contributed by atoms with Gasteiger partial charge in [0.1, 0.15) is 0 Å². The fourth-order valence-corrected chi connectivity index (χ4v) is 3.29. The van der Waals surface area contributed by atoms with Crippen LogP contribution in [0.25, 0.3) is 0 Å². The summed E-state index contributed by atoms with van der Waals surface area (Å²) in [5.74, 6) is 1.05. The van der Waals surface area contributed by atoms with Crippen LogP contribution in [0.1, 0.15) is 18.0 Å². The van der Waals surface area contributed by atoms with E-state index in [1.54, 1.807) is 38.4 Å². The number of hydrogen-bond acceptors (Lipinski definition) is 5. The van der Waals surface area contributed by atoms with Crippen molar-refractivity contribution in [2.24, 2.45) is 0 Å². The Morgan fingerprint density at radius 1 is 1.15 bits per heavy atom. The minimum atomic E-state index is -0.529. The van der Waals surface area contributed by atoms with Crippen molar-refractivity contribution in [3.05, 3.63) is 35.0 Å². The predicted molar refractivity (Wildman–Crippen MR) is 94.1 cm³/mol. The molecule has 26 heavy (non-hydrogen) atoms. The molecular formula is C18H23N3O5. The van der Waals surface area contributed by atoms with Gasteiger partial charge in [0.25, 0.3) is 5.91 Å². The van der Waals surface area contributed by atoms with E-state index in [1.807, 2.05) is 6.07 Å². The summed E-state index contributed by atoms with van der Waals surface area (Å²) in [5.41, 5.74) is 1.97. The molecule has 0 saturated carbocycles. The number of ether oxygens (including phenoxy) is 3. The quantitative estimate of drug-likeness (QED) is 0.712. The summed E-state index contributed by atoms with van der Waals surface area (Å²) < 4.78 is 15.6. The zero-order valence-corrected chi connectivity index (χ0v) is 15.1. The van der Waals surface area contributed by atoms with Gasteiger partial charge in [-0.25, -0.2) is 4.79 Å². The van der Waals surface area contributed by atoms with Gasteiger partial charge in [-0.3, -0.25) is 4.79 Å². The molecule has 1 aromatic carbocycles. The SMILES string of the molecule is COCCCN1CC2=C(C1=O)[C@@H](c1ccc(OC)c(OC)c1)NC(=O)N2. The van der Waals surface area contributed by atoms with Crippen molar-refractivity contribution >= 4 is 11.9 Å². The van der Waals surface area contributed by atoms with Crippen LogP contribution >= 0.6 is 0 Å². The number of carbonyl (C=O) groups is 2. The first kappa shape index (κ1) is 18.1. The van der Waals surface area contributed by atoms with Crippen LogP contribution in [-0.2, 0) is 9.53 Å². The first-order chi connectivity index (χ1) is 12.6. The highest BCUT2D eigenvalue weighted by molar-refractivity contribution is 6.01. The van der Waals surface area contributed by atoms with E-state index >= 15 is 0 Å². The van der Waals surface area contributed by atoms with Crippen molar-refractivity contribution in [1.82, 2.24) is 15.5 Å². The summed E-state index contributed by atoms with van der Waals surface area (Å²) >= 11 is 0. The summed E-state index contributed by atoms with van der Waals surface area (Å²) in [6.45, 7) is 1.56. The van der Waals surface area contributed by atoms with E-state index in [4.69, 9.17) is 14.2 Å². The summed E-state index contributed by atoms with van der Waals surface area (Å²) in [4.78, 5) is 26.7. The van der Waals surface area contributed by atoms with E-state index in [2.05, 4.69) is 10.6 Å². The number of methoxy groups -OCH3 is 3. The third kappa shape index (κ3) is 3.32. The lowest BCUT2D eigenvalue weighted by molar-refractivity contribution is -0.125. The topological polar surface area (TPSA) is 89.1 Å². The molecule has 3 rings (SSSR count). The molecular weight excluding hydrogens is 338 g/mol. The van der Waals surface area contributed by atoms with Gasteiger partial charge in [0, 0.05) is 20.3 Å². The van der Waals surface area contributed by atoms with Crippen molar-refractivity contribution in [3.8, 4) is 11.5 Å². The predicted octanol–water partition coefficient (Wildman–Crippen LogP) is 1.19. The molecule has 1 aromatic rings. The summed E-state index contributed by atoms with van der Waals surface area (Å²) in [6, 6.07) is 4.51. The maximum Gasteiger partial charge on any atom is 0.319 e. The van der Waals surface area contributed by atoms with Gasteiger partial charge >= 0.3 is 6.03 Å². The van der Waals surface area contributed by atoms with Crippen molar-refractivity contribution in [2.45, 2.75) is 12.5 Å². The largest absolute Gasteiger partial charge is 0.493 e. The molecule has 140 valence electrons. The molecule has 2 N–H and O–H groups in total. The highest BCUT2D eigenvalue weighted by Gasteiger charge is 2.40. The molecule has 0 fully saturated rings. The average molecular weight is 361 g/mol. The Hall–Kier alpha value is -2.74. The Labute approximate surface area is 152 Å². The first-order valence-corrected chi connectivity index (χ1v) is 8.39. The standard InChI is InChI=1S/C18H23N3O5/c1-24-8-4-7-21-10-12-15(17(21)22)16(20-18(23)19-12)11-5-6-13(25-2)14(9-11)26-3/h5-6,9,16H,4,7-8,10H2,1-3H3,(H2,19,20,23)/t16-/m1/s1. The Morgan fingerprint density at radius 2 is 1.92 bits per heavy atom. The molecule has 2 aliphatic heterocycles. The summed E-state index contributed by atoms with van der Waals surface area (Å²) in [5, 5.41) is 5.59.